The van der Waals surface area contributed by atoms with Gasteiger partial charge in [0.2, 0.25) is 11.9 Å². The highest BCUT2D eigenvalue weighted by Gasteiger charge is 2.17. The molecule has 1 heterocycles. The minimum atomic E-state index is -0.314. The highest BCUT2D eigenvalue weighted by molar-refractivity contribution is 6.02. The van der Waals surface area contributed by atoms with Gasteiger partial charge in [0.1, 0.15) is 11.6 Å². The quantitative estimate of drug-likeness (QED) is 0.370. The van der Waals surface area contributed by atoms with E-state index in [4.69, 9.17) is 9.47 Å². The van der Waals surface area contributed by atoms with Gasteiger partial charge in [0.15, 0.2) is 5.88 Å². The third kappa shape index (κ3) is 6.84. The molecule has 0 saturated carbocycles. The second kappa shape index (κ2) is 11.7. The molecule has 0 atom stereocenters. The Morgan fingerprint density at radius 3 is 2.48 bits per heavy atom. The zero-order valence-electron chi connectivity index (χ0n) is 20.2. The molecule has 10 nitrogen and oxygen atoms in total. The van der Waals surface area contributed by atoms with Crippen LogP contribution in [-0.2, 0) is 9.53 Å². The number of likely N-dealkylation sites (N-methyl/N-ethyl adjacent to an activating group) is 2. The number of hydrogen-bond acceptors (Lipinski definition) is 9. The second-order valence-electron chi connectivity index (χ2n) is 7.51. The maximum Gasteiger partial charge on any atom is 0.247 e. The van der Waals surface area contributed by atoms with E-state index in [1.54, 1.807) is 44.5 Å². The van der Waals surface area contributed by atoms with E-state index < -0.39 is 0 Å². The molecule has 1 aromatic carbocycles. The molecular weight excluding hydrogens is 422 g/mol. The van der Waals surface area contributed by atoms with Crippen LogP contribution < -0.4 is 25.2 Å². The number of amides is 1. The second-order valence-corrected chi connectivity index (χ2v) is 7.51. The number of ether oxygens (including phenoxy) is 2. The Hall–Kier alpha value is -3.79. The number of hydrogen-bond donors (Lipinski definition) is 2. The lowest BCUT2D eigenvalue weighted by atomic mass is 10.2. The first-order valence-corrected chi connectivity index (χ1v) is 10.3. The monoisotopic (exact) mass is 455 g/mol. The molecule has 10 heteroatoms. The number of methoxy groups -OCH3 is 2. The summed E-state index contributed by atoms with van der Waals surface area (Å²) < 4.78 is 10.8. The van der Waals surface area contributed by atoms with Crippen molar-refractivity contribution >= 4 is 34.7 Å². The third-order valence-electron chi connectivity index (χ3n) is 4.90. The molecule has 0 bridgehead atoms. The molecule has 178 valence electrons. The van der Waals surface area contributed by atoms with Crippen molar-refractivity contribution in [3.63, 3.8) is 0 Å². The summed E-state index contributed by atoms with van der Waals surface area (Å²) in [4.78, 5) is 26.7. The van der Waals surface area contributed by atoms with Crippen molar-refractivity contribution in [3.8, 4) is 5.75 Å². The highest BCUT2D eigenvalue weighted by atomic mass is 16.5. The summed E-state index contributed by atoms with van der Waals surface area (Å²) in [6, 6.07) is 5.39. The van der Waals surface area contributed by atoms with Crippen molar-refractivity contribution in [2.75, 3.05) is 75.9 Å². The molecule has 0 aliphatic rings. The lowest BCUT2D eigenvalue weighted by molar-refractivity contribution is -0.111. The van der Waals surface area contributed by atoms with Crippen LogP contribution in [0.2, 0.25) is 0 Å². The molecule has 0 saturated heterocycles. The van der Waals surface area contributed by atoms with Gasteiger partial charge in [0.05, 0.1) is 31.3 Å². The summed E-state index contributed by atoms with van der Waals surface area (Å²) in [5, 5.41) is 6.05. The van der Waals surface area contributed by atoms with Crippen LogP contribution in [-0.4, -0.2) is 76.3 Å². The predicted molar refractivity (Wildman–Crippen MR) is 134 cm³/mol. The van der Waals surface area contributed by atoms with Crippen LogP contribution in [0.25, 0.3) is 0 Å². The SMILES string of the molecule is C=CC(=O)Nc1cc(Nc2nccc(N(C)C(=C)OC)n2)c(OC)cc1N(C)CCN(C)C. The fourth-order valence-electron chi connectivity index (χ4n) is 2.89. The summed E-state index contributed by atoms with van der Waals surface area (Å²) in [5.74, 6) is 1.64. The molecule has 0 radical (unpaired) electrons. The lowest BCUT2D eigenvalue weighted by Gasteiger charge is -2.26. The molecule has 33 heavy (non-hydrogen) atoms. The van der Waals surface area contributed by atoms with Crippen LogP contribution in [0.5, 0.6) is 5.75 Å². The van der Waals surface area contributed by atoms with Crippen molar-refractivity contribution in [1.82, 2.24) is 14.9 Å². The van der Waals surface area contributed by atoms with Gasteiger partial charge < -0.3 is 34.8 Å². The van der Waals surface area contributed by atoms with Gasteiger partial charge in [0, 0.05) is 39.4 Å². The molecule has 0 unspecified atom stereocenters. The van der Waals surface area contributed by atoms with Crippen LogP contribution in [0, 0.1) is 0 Å². The van der Waals surface area contributed by atoms with Gasteiger partial charge in [0.25, 0.3) is 0 Å². The Morgan fingerprint density at radius 1 is 1.15 bits per heavy atom. The van der Waals surface area contributed by atoms with E-state index in [1.165, 1.54) is 6.08 Å². The maximum absolute atomic E-state index is 12.1. The van der Waals surface area contributed by atoms with Gasteiger partial charge in [-0.15, -0.1) is 0 Å². The topological polar surface area (TPSA) is 95.1 Å². The summed E-state index contributed by atoms with van der Waals surface area (Å²) in [5.41, 5.74) is 2.00. The van der Waals surface area contributed by atoms with Crippen molar-refractivity contribution in [1.29, 1.82) is 0 Å². The Balaban J connectivity index is 2.44. The minimum absolute atomic E-state index is 0.314. The molecule has 0 aliphatic carbocycles. The molecule has 1 amide bonds. The molecule has 0 spiro atoms. The third-order valence-corrected chi connectivity index (χ3v) is 4.90. The molecule has 0 aliphatic heterocycles. The predicted octanol–water partition coefficient (Wildman–Crippen LogP) is 2.90. The summed E-state index contributed by atoms with van der Waals surface area (Å²) in [6.45, 7) is 8.98. The normalized spacial score (nSPS) is 10.4. The number of nitrogens with one attached hydrogen (secondary N) is 2. The standard InChI is InChI=1S/C23H33N7O3/c1-9-22(31)25-17-14-18(20(33-8)15-19(17)29(5)13-12-28(3)4)26-23-24-11-10-21(27-23)30(6)16(2)32-7/h9-11,14-15H,1-2,12-13H2,3-8H3,(H,25,31)(H,24,26,27). The molecular formula is C23H33N7O3. The number of carbonyl (C=O) groups is 1. The van der Waals surface area contributed by atoms with Crippen molar-refractivity contribution < 1.29 is 14.3 Å². The van der Waals surface area contributed by atoms with Crippen molar-refractivity contribution in [3.05, 3.63) is 49.5 Å². The van der Waals surface area contributed by atoms with E-state index >= 15 is 0 Å². The number of aromatic nitrogens is 2. The number of anilines is 5. The number of rotatable bonds is 12. The summed E-state index contributed by atoms with van der Waals surface area (Å²) in [6.07, 6.45) is 2.85. The Kier molecular flexibility index (Phi) is 9.05. The van der Waals surface area contributed by atoms with E-state index in [1.807, 2.05) is 32.1 Å². The zero-order valence-corrected chi connectivity index (χ0v) is 20.2. The Bertz CT molecular complexity index is 994. The minimum Gasteiger partial charge on any atom is -0.494 e. The maximum atomic E-state index is 12.1. The molecule has 2 rings (SSSR count). The Labute approximate surface area is 195 Å². The summed E-state index contributed by atoms with van der Waals surface area (Å²) in [7, 11) is 10.9. The fourth-order valence-corrected chi connectivity index (χ4v) is 2.89. The first kappa shape index (κ1) is 25.5. The molecule has 2 N–H and O–H groups in total. The number of carbonyl (C=O) groups excluding carboxylic acids is 1. The van der Waals surface area contributed by atoms with Crippen LogP contribution >= 0.6 is 0 Å². The average Bonchev–Trinajstić information content (AvgIpc) is 2.81. The van der Waals surface area contributed by atoms with Gasteiger partial charge in [-0.2, -0.15) is 4.98 Å². The largest absolute Gasteiger partial charge is 0.494 e. The first-order valence-electron chi connectivity index (χ1n) is 10.3. The number of nitrogens with zero attached hydrogens (tertiary/aromatic N) is 5. The van der Waals surface area contributed by atoms with Crippen molar-refractivity contribution in [2.45, 2.75) is 0 Å². The molecule has 2 aromatic rings. The van der Waals surface area contributed by atoms with Gasteiger partial charge in [-0.1, -0.05) is 6.58 Å². The van der Waals surface area contributed by atoms with Gasteiger partial charge in [-0.25, -0.2) is 4.98 Å². The van der Waals surface area contributed by atoms with Crippen molar-refractivity contribution in [2.24, 2.45) is 0 Å². The van der Waals surface area contributed by atoms with Gasteiger partial charge in [-0.05, 0) is 38.9 Å². The van der Waals surface area contributed by atoms with Gasteiger partial charge in [-0.3, -0.25) is 4.79 Å². The van der Waals surface area contributed by atoms with E-state index in [-0.39, 0.29) is 5.91 Å². The van der Waals surface area contributed by atoms with Gasteiger partial charge >= 0.3 is 0 Å². The zero-order chi connectivity index (χ0) is 24.5. The molecule has 1 aromatic heterocycles. The lowest BCUT2D eigenvalue weighted by Crippen LogP contribution is -2.29. The van der Waals surface area contributed by atoms with Crippen LogP contribution in [0.15, 0.2) is 49.5 Å². The smallest absolute Gasteiger partial charge is 0.247 e. The fraction of sp³-hybridized carbons (Fsp3) is 0.348. The van der Waals surface area contributed by atoms with E-state index in [0.29, 0.717) is 34.8 Å². The van der Waals surface area contributed by atoms with Crippen LogP contribution in [0.4, 0.5) is 28.8 Å². The van der Waals surface area contributed by atoms with Crippen LogP contribution in [0.3, 0.4) is 0 Å². The van der Waals surface area contributed by atoms with E-state index in [2.05, 4.69) is 38.7 Å². The number of benzene rings is 1. The summed E-state index contributed by atoms with van der Waals surface area (Å²) >= 11 is 0. The highest BCUT2D eigenvalue weighted by Crippen LogP contribution is 2.38. The first-order chi connectivity index (χ1) is 15.7. The van der Waals surface area contributed by atoms with E-state index in [0.717, 1.165) is 18.8 Å². The molecule has 0 fully saturated rings. The van der Waals surface area contributed by atoms with Crippen LogP contribution in [0.1, 0.15) is 0 Å². The average molecular weight is 456 g/mol. The van der Waals surface area contributed by atoms with E-state index in [9.17, 15) is 4.79 Å². The Morgan fingerprint density at radius 2 is 1.88 bits per heavy atom.